The third-order valence-corrected chi connectivity index (χ3v) is 3.97. The van der Waals surface area contributed by atoms with Crippen molar-refractivity contribution in [3.63, 3.8) is 0 Å². The summed E-state index contributed by atoms with van der Waals surface area (Å²) in [5.41, 5.74) is -0.348. The predicted molar refractivity (Wildman–Crippen MR) is 80.1 cm³/mol. The molecule has 1 fully saturated rings. The van der Waals surface area contributed by atoms with Gasteiger partial charge in [-0.2, -0.15) is 5.26 Å². The van der Waals surface area contributed by atoms with Crippen LogP contribution in [-0.2, 0) is 0 Å². The largest absolute Gasteiger partial charge is 0.301 e. The highest BCUT2D eigenvalue weighted by Gasteiger charge is 2.22. The average Bonchev–Trinajstić information content (AvgIpc) is 2.41. The lowest BCUT2D eigenvalue weighted by atomic mass is 9.97. The Bertz CT molecular complexity index is 278. The average molecular weight is 266 g/mol. The molecule has 1 N–H and O–H groups in total. The molecule has 1 saturated heterocycles. The van der Waals surface area contributed by atoms with Crippen molar-refractivity contribution in [1.82, 2.24) is 15.1 Å². The molecule has 4 heteroatoms. The molecule has 4 nitrogen and oxygen atoms in total. The van der Waals surface area contributed by atoms with Crippen LogP contribution in [-0.4, -0.2) is 61.2 Å². The van der Waals surface area contributed by atoms with Crippen LogP contribution in [0.1, 0.15) is 40.0 Å². The first-order valence-electron chi connectivity index (χ1n) is 7.74. The van der Waals surface area contributed by atoms with Gasteiger partial charge in [0, 0.05) is 26.2 Å². The normalized spacial score (nSPS) is 20.9. The van der Waals surface area contributed by atoms with Crippen molar-refractivity contribution < 1.29 is 0 Å². The summed E-state index contributed by atoms with van der Waals surface area (Å²) < 4.78 is 0. The molecule has 19 heavy (non-hydrogen) atoms. The maximum atomic E-state index is 9.21. The van der Waals surface area contributed by atoms with E-state index in [4.69, 9.17) is 0 Å². The standard InChI is InChI=1S/C15H30N4/c1-4-8-18-10-12-19(13-11-18)9-6-7-15(3,14-16)17-5-2/h17H,4-13H2,1-3H3. The first-order chi connectivity index (χ1) is 9.13. The summed E-state index contributed by atoms with van der Waals surface area (Å²) in [5, 5.41) is 12.5. The molecule has 0 aromatic carbocycles. The Morgan fingerprint density at radius 3 is 2.16 bits per heavy atom. The molecule has 0 amide bonds. The minimum atomic E-state index is -0.348. The maximum absolute atomic E-state index is 9.21. The summed E-state index contributed by atoms with van der Waals surface area (Å²) in [4.78, 5) is 5.09. The fourth-order valence-corrected chi connectivity index (χ4v) is 2.78. The third kappa shape index (κ3) is 5.90. The van der Waals surface area contributed by atoms with E-state index in [1.54, 1.807) is 0 Å². The summed E-state index contributed by atoms with van der Waals surface area (Å²) >= 11 is 0. The van der Waals surface area contributed by atoms with Crippen LogP contribution in [0.2, 0.25) is 0 Å². The quantitative estimate of drug-likeness (QED) is 0.726. The molecule has 1 atom stereocenters. The van der Waals surface area contributed by atoms with E-state index in [2.05, 4.69) is 35.0 Å². The lowest BCUT2D eigenvalue weighted by molar-refractivity contribution is 0.129. The Morgan fingerprint density at radius 1 is 1.11 bits per heavy atom. The van der Waals surface area contributed by atoms with Crippen LogP contribution in [0.15, 0.2) is 0 Å². The number of nitriles is 1. The summed E-state index contributed by atoms with van der Waals surface area (Å²) in [6.45, 7) is 14.3. The molecule has 110 valence electrons. The monoisotopic (exact) mass is 266 g/mol. The van der Waals surface area contributed by atoms with Crippen molar-refractivity contribution in [3.05, 3.63) is 0 Å². The van der Waals surface area contributed by atoms with Crippen molar-refractivity contribution in [1.29, 1.82) is 5.26 Å². The van der Waals surface area contributed by atoms with E-state index in [1.807, 2.05) is 6.92 Å². The highest BCUT2D eigenvalue weighted by Crippen LogP contribution is 2.12. The molecule has 1 aliphatic heterocycles. The van der Waals surface area contributed by atoms with Crippen LogP contribution in [0.5, 0.6) is 0 Å². The van der Waals surface area contributed by atoms with Gasteiger partial charge >= 0.3 is 0 Å². The number of rotatable bonds is 8. The zero-order chi connectivity index (χ0) is 14.1. The SMILES string of the molecule is CCCN1CCN(CCCC(C)(C#N)NCC)CC1. The van der Waals surface area contributed by atoms with Crippen LogP contribution < -0.4 is 5.32 Å². The van der Waals surface area contributed by atoms with Crippen LogP contribution in [0.3, 0.4) is 0 Å². The first kappa shape index (κ1) is 16.4. The third-order valence-electron chi connectivity index (χ3n) is 3.97. The second-order valence-electron chi connectivity index (χ2n) is 5.76. The summed E-state index contributed by atoms with van der Waals surface area (Å²) in [7, 11) is 0. The van der Waals surface area contributed by atoms with E-state index < -0.39 is 0 Å². The van der Waals surface area contributed by atoms with E-state index in [1.165, 1.54) is 39.1 Å². The smallest absolute Gasteiger partial charge is 0.103 e. The topological polar surface area (TPSA) is 42.3 Å². The van der Waals surface area contributed by atoms with E-state index >= 15 is 0 Å². The van der Waals surface area contributed by atoms with Crippen LogP contribution in [0, 0.1) is 11.3 Å². The number of nitrogens with one attached hydrogen (secondary N) is 1. The Morgan fingerprint density at radius 2 is 1.68 bits per heavy atom. The van der Waals surface area contributed by atoms with Crippen molar-refractivity contribution in [2.24, 2.45) is 0 Å². The molecule has 0 spiro atoms. The van der Waals surface area contributed by atoms with E-state index in [-0.39, 0.29) is 5.54 Å². The lowest BCUT2D eigenvalue weighted by Gasteiger charge is -2.35. The Hall–Kier alpha value is -0.630. The summed E-state index contributed by atoms with van der Waals surface area (Å²) in [6, 6.07) is 2.40. The molecule has 1 heterocycles. The van der Waals surface area contributed by atoms with Gasteiger partial charge in [0.2, 0.25) is 0 Å². The second-order valence-corrected chi connectivity index (χ2v) is 5.76. The number of hydrogen-bond donors (Lipinski definition) is 1. The zero-order valence-electron chi connectivity index (χ0n) is 12.9. The number of nitrogens with zero attached hydrogens (tertiary/aromatic N) is 3. The molecule has 0 aromatic rings. The molecule has 0 aromatic heterocycles. The van der Waals surface area contributed by atoms with Crippen LogP contribution in [0.4, 0.5) is 0 Å². The minimum absolute atomic E-state index is 0.348. The Kier molecular flexibility index (Phi) is 7.37. The van der Waals surface area contributed by atoms with Crippen molar-refractivity contribution in [2.75, 3.05) is 45.8 Å². The highest BCUT2D eigenvalue weighted by molar-refractivity contribution is 5.03. The van der Waals surface area contributed by atoms with Gasteiger partial charge in [-0.25, -0.2) is 0 Å². The molecule has 1 aliphatic rings. The zero-order valence-corrected chi connectivity index (χ0v) is 12.9. The van der Waals surface area contributed by atoms with Gasteiger partial charge in [-0.15, -0.1) is 0 Å². The van der Waals surface area contributed by atoms with E-state index in [0.29, 0.717) is 0 Å². The molecule has 1 unspecified atom stereocenters. The maximum Gasteiger partial charge on any atom is 0.103 e. The van der Waals surface area contributed by atoms with Gasteiger partial charge in [0.1, 0.15) is 5.54 Å². The van der Waals surface area contributed by atoms with E-state index in [9.17, 15) is 5.26 Å². The number of piperazine rings is 1. The predicted octanol–water partition coefficient (Wildman–Crippen LogP) is 1.69. The Balaban J connectivity index is 2.19. The second kappa shape index (κ2) is 8.52. The van der Waals surface area contributed by atoms with Gasteiger partial charge in [0.05, 0.1) is 6.07 Å². The lowest BCUT2D eigenvalue weighted by Crippen LogP contribution is -2.47. The van der Waals surface area contributed by atoms with Crippen LogP contribution in [0.25, 0.3) is 0 Å². The van der Waals surface area contributed by atoms with Gasteiger partial charge in [-0.05, 0) is 45.8 Å². The fourth-order valence-electron chi connectivity index (χ4n) is 2.78. The fraction of sp³-hybridized carbons (Fsp3) is 0.933. The van der Waals surface area contributed by atoms with E-state index in [0.717, 1.165) is 25.9 Å². The van der Waals surface area contributed by atoms with Gasteiger partial charge < -0.3 is 9.80 Å². The molecule has 0 bridgehead atoms. The summed E-state index contributed by atoms with van der Waals surface area (Å²) in [6.07, 6.45) is 3.29. The van der Waals surface area contributed by atoms with Gasteiger partial charge in [-0.1, -0.05) is 13.8 Å². The van der Waals surface area contributed by atoms with Gasteiger partial charge in [0.15, 0.2) is 0 Å². The van der Waals surface area contributed by atoms with Gasteiger partial charge in [0.25, 0.3) is 0 Å². The molecule has 0 saturated carbocycles. The molecular formula is C15H30N4. The van der Waals surface area contributed by atoms with Crippen molar-refractivity contribution in [3.8, 4) is 6.07 Å². The highest BCUT2D eigenvalue weighted by atomic mass is 15.3. The number of hydrogen-bond acceptors (Lipinski definition) is 4. The first-order valence-corrected chi connectivity index (χ1v) is 7.74. The van der Waals surface area contributed by atoms with Crippen LogP contribution >= 0.6 is 0 Å². The Labute approximate surface area is 118 Å². The van der Waals surface area contributed by atoms with Crippen molar-refractivity contribution in [2.45, 2.75) is 45.6 Å². The molecule has 1 rings (SSSR count). The minimum Gasteiger partial charge on any atom is -0.301 e. The molecular weight excluding hydrogens is 236 g/mol. The van der Waals surface area contributed by atoms with Crippen molar-refractivity contribution >= 4 is 0 Å². The molecule has 0 radical (unpaired) electrons. The van der Waals surface area contributed by atoms with Gasteiger partial charge in [-0.3, -0.25) is 5.32 Å². The molecule has 0 aliphatic carbocycles. The summed E-state index contributed by atoms with van der Waals surface area (Å²) in [5.74, 6) is 0.